The van der Waals surface area contributed by atoms with Crippen molar-refractivity contribution in [2.45, 2.75) is 31.7 Å². The van der Waals surface area contributed by atoms with Gasteiger partial charge in [0.2, 0.25) is 0 Å². The van der Waals surface area contributed by atoms with E-state index in [1.165, 1.54) is 0 Å². The van der Waals surface area contributed by atoms with Crippen LogP contribution in [0.2, 0.25) is 0 Å². The topological polar surface area (TPSA) is 35.5 Å². The van der Waals surface area contributed by atoms with Crippen LogP contribution in [0.3, 0.4) is 0 Å². The fourth-order valence-corrected chi connectivity index (χ4v) is 0.619. The lowest BCUT2D eigenvalue weighted by molar-refractivity contribution is 0.0520. The summed E-state index contributed by atoms with van der Waals surface area (Å²) in [5.74, 6) is 0. The van der Waals surface area contributed by atoms with Gasteiger partial charge in [-0.1, -0.05) is 13.3 Å². The average Bonchev–Trinajstić information content (AvgIpc) is 1.86. The van der Waals surface area contributed by atoms with Gasteiger partial charge in [0, 0.05) is 0 Å². The third-order valence-corrected chi connectivity index (χ3v) is 1.16. The van der Waals surface area contributed by atoms with E-state index in [0.29, 0.717) is 6.61 Å². The summed E-state index contributed by atoms with van der Waals surface area (Å²) in [4.78, 5) is 10.7. The SMILES string of the molecule is CCCCOC(=O)O[C@@H](C)Br. The van der Waals surface area contributed by atoms with E-state index in [0.717, 1.165) is 12.8 Å². The number of rotatable bonds is 4. The van der Waals surface area contributed by atoms with E-state index >= 15 is 0 Å². The van der Waals surface area contributed by atoms with Crippen LogP contribution in [0.1, 0.15) is 26.7 Å². The summed E-state index contributed by atoms with van der Waals surface area (Å²) in [5.41, 5.74) is 0. The third-order valence-electron chi connectivity index (χ3n) is 0.976. The van der Waals surface area contributed by atoms with Crippen molar-refractivity contribution in [1.29, 1.82) is 0 Å². The first-order chi connectivity index (χ1) is 5.16. The highest BCUT2D eigenvalue weighted by Crippen LogP contribution is 2.01. The molecule has 0 aromatic rings. The van der Waals surface area contributed by atoms with E-state index in [-0.39, 0.29) is 5.01 Å². The molecular weight excluding hydrogens is 212 g/mol. The Kier molecular flexibility index (Phi) is 6.31. The second-order valence-electron chi connectivity index (χ2n) is 2.11. The van der Waals surface area contributed by atoms with Gasteiger partial charge in [-0.2, -0.15) is 0 Å². The number of halogens is 1. The number of hydrogen-bond donors (Lipinski definition) is 0. The lowest BCUT2D eigenvalue weighted by atomic mass is 10.4. The first kappa shape index (κ1) is 10.8. The van der Waals surface area contributed by atoms with E-state index < -0.39 is 6.16 Å². The van der Waals surface area contributed by atoms with Gasteiger partial charge in [0.25, 0.3) is 0 Å². The number of unbranched alkanes of at least 4 members (excludes halogenated alkanes) is 1. The molecule has 0 aromatic heterocycles. The minimum Gasteiger partial charge on any atom is -0.434 e. The molecule has 0 bridgehead atoms. The Labute approximate surface area is 75.2 Å². The summed E-state index contributed by atoms with van der Waals surface area (Å²) in [6.45, 7) is 4.18. The zero-order valence-electron chi connectivity index (χ0n) is 6.80. The van der Waals surface area contributed by atoms with Crippen LogP contribution in [0.4, 0.5) is 4.79 Å². The van der Waals surface area contributed by atoms with Crippen molar-refractivity contribution in [3.63, 3.8) is 0 Å². The molecule has 66 valence electrons. The van der Waals surface area contributed by atoms with Crippen molar-refractivity contribution >= 4 is 22.1 Å². The molecule has 0 aliphatic carbocycles. The Bertz CT molecular complexity index is 114. The van der Waals surface area contributed by atoms with Crippen LogP contribution >= 0.6 is 15.9 Å². The molecule has 0 fully saturated rings. The highest BCUT2D eigenvalue weighted by Gasteiger charge is 2.05. The van der Waals surface area contributed by atoms with Gasteiger partial charge in [0.1, 0.15) is 0 Å². The summed E-state index contributed by atoms with van der Waals surface area (Å²) in [6, 6.07) is 0. The summed E-state index contributed by atoms with van der Waals surface area (Å²) in [7, 11) is 0. The van der Waals surface area contributed by atoms with Crippen LogP contribution in [0.25, 0.3) is 0 Å². The van der Waals surface area contributed by atoms with Crippen LogP contribution in [-0.4, -0.2) is 17.8 Å². The molecule has 0 unspecified atom stereocenters. The second kappa shape index (κ2) is 6.46. The lowest BCUT2D eigenvalue weighted by Crippen LogP contribution is -2.11. The molecule has 3 nitrogen and oxygen atoms in total. The van der Waals surface area contributed by atoms with E-state index in [1.807, 2.05) is 6.92 Å². The molecule has 1 atom stereocenters. The first-order valence-corrected chi connectivity index (χ1v) is 4.56. The molecular formula is C7H13BrO3. The molecule has 0 saturated heterocycles. The third kappa shape index (κ3) is 7.65. The van der Waals surface area contributed by atoms with E-state index in [9.17, 15) is 4.79 Å². The second-order valence-corrected chi connectivity index (χ2v) is 3.40. The fourth-order valence-electron chi connectivity index (χ4n) is 0.466. The molecule has 0 amide bonds. The van der Waals surface area contributed by atoms with Crippen molar-refractivity contribution in [3.05, 3.63) is 0 Å². The maximum Gasteiger partial charge on any atom is 0.509 e. The minimum atomic E-state index is -0.608. The van der Waals surface area contributed by atoms with Gasteiger partial charge in [-0.3, -0.25) is 0 Å². The largest absolute Gasteiger partial charge is 0.509 e. The standard InChI is InChI=1S/C7H13BrO3/c1-3-4-5-10-7(9)11-6(2)8/h6H,3-5H2,1-2H3/t6-/m0/s1. The Morgan fingerprint density at radius 2 is 2.27 bits per heavy atom. The summed E-state index contributed by atoms with van der Waals surface area (Å²) >= 11 is 3.06. The molecule has 0 saturated carbocycles. The van der Waals surface area contributed by atoms with Crippen LogP contribution in [0.5, 0.6) is 0 Å². The van der Waals surface area contributed by atoms with Gasteiger partial charge in [-0.25, -0.2) is 4.79 Å². The molecule has 0 radical (unpaired) electrons. The Morgan fingerprint density at radius 3 is 2.73 bits per heavy atom. The number of hydrogen-bond acceptors (Lipinski definition) is 3. The normalized spacial score (nSPS) is 12.3. The zero-order chi connectivity index (χ0) is 8.69. The van der Waals surface area contributed by atoms with Gasteiger partial charge in [-0.05, 0) is 29.3 Å². The predicted octanol–water partition coefficient (Wildman–Crippen LogP) is 2.68. The van der Waals surface area contributed by atoms with E-state index in [4.69, 9.17) is 4.74 Å². The molecule has 0 aliphatic rings. The van der Waals surface area contributed by atoms with Gasteiger partial charge < -0.3 is 9.47 Å². The van der Waals surface area contributed by atoms with E-state index in [2.05, 4.69) is 20.7 Å². The summed E-state index contributed by atoms with van der Waals surface area (Å²) < 4.78 is 9.35. The Hall–Kier alpha value is -0.250. The van der Waals surface area contributed by atoms with Gasteiger partial charge >= 0.3 is 6.16 Å². The maximum absolute atomic E-state index is 10.7. The van der Waals surface area contributed by atoms with Crippen molar-refractivity contribution in [2.75, 3.05) is 6.61 Å². The van der Waals surface area contributed by atoms with Gasteiger partial charge in [0.05, 0.1) is 6.61 Å². The minimum absolute atomic E-state index is 0.281. The monoisotopic (exact) mass is 224 g/mol. The highest BCUT2D eigenvalue weighted by atomic mass is 79.9. The van der Waals surface area contributed by atoms with Gasteiger partial charge in [-0.15, -0.1) is 0 Å². The summed E-state index contributed by atoms with van der Waals surface area (Å²) in [5, 5.41) is -0.281. The zero-order valence-corrected chi connectivity index (χ0v) is 8.39. The maximum atomic E-state index is 10.7. The Balaban J connectivity index is 3.23. The number of alkyl halides is 1. The molecule has 0 aliphatic heterocycles. The van der Waals surface area contributed by atoms with Crippen molar-refractivity contribution in [3.8, 4) is 0 Å². The molecule has 0 spiro atoms. The molecule has 4 heteroatoms. The molecule has 11 heavy (non-hydrogen) atoms. The molecule has 0 rings (SSSR count). The van der Waals surface area contributed by atoms with E-state index in [1.54, 1.807) is 6.92 Å². The predicted molar refractivity (Wildman–Crippen MR) is 45.7 cm³/mol. The Morgan fingerprint density at radius 1 is 1.64 bits per heavy atom. The molecule has 0 heterocycles. The van der Waals surface area contributed by atoms with Crippen molar-refractivity contribution in [2.24, 2.45) is 0 Å². The lowest BCUT2D eigenvalue weighted by Gasteiger charge is -2.06. The smallest absolute Gasteiger partial charge is 0.434 e. The highest BCUT2D eigenvalue weighted by molar-refractivity contribution is 9.09. The van der Waals surface area contributed by atoms with Gasteiger partial charge in [0.15, 0.2) is 5.01 Å². The van der Waals surface area contributed by atoms with Crippen molar-refractivity contribution in [1.82, 2.24) is 0 Å². The number of carbonyl (C=O) groups is 1. The van der Waals surface area contributed by atoms with Crippen LogP contribution in [-0.2, 0) is 9.47 Å². The average molecular weight is 225 g/mol. The summed E-state index contributed by atoms with van der Waals surface area (Å²) in [6.07, 6.45) is 1.28. The quantitative estimate of drug-likeness (QED) is 0.419. The van der Waals surface area contributed by atoms with Crippen molar-refractivity contribution < 1.29 is 14.3 Å². The molecule has 0 N–H and O–H groups in total. The first-order valence-electron chi connectivity index (χ1n) is 3.64. The van der Waals surface area contributed by atoms with Crippen LogP contribution in [0, 0.1) is 0 Å². The van der Waals surface area contributed by atoms with Crippen LogP contribution in [0.15, 0.2) is 0 Å². The fraction of sp³-hybridized carbons (Fsp3) is 0.857. The molecule has 0 aromatic carbocycles. The number of carbonyl (C=O) groups excluding carboxylic acids is 1. The number of ether oxygens (including phenoxy) is 2. The van der Waals surface area contributed by atoms with Crippen LogP contribution < -0.4 is 0 Å².